The van der Waals surface area contributed by atoms with Gasteiger partial charge in [0.05, 0.1) is 15.7 Å². The standard InChI is InChI=1S/C23H21N3O2S/c1-15-5-4-8-20-21(15)25-23(29-20)28-17-11-13-26(14-12-17)22(27)19-10-9-16-6-2-3-7-18(16)24-19/h2-10,17H,11-14H2,1H3. The van der Waals surface area contributed by atoms with Gasteiger partial charge in [-0.1, -0.05) is 47.7 Å². The maximum atomic E-state index is 12.9. The first-order valence-corrected chi connectivity index (χ1v) is 10.7. The summed E-state index contributed by atoms with van der Waals surface area (Å²) >= 11 is 1.59. The molecule has 29 heavy (non-hydrogen) atoms. The minimum Gasteiger partial charge on any atom is -0.467 e. The number of benzene rings is 2. The molecule has 1 aliphatic rings. The van der Waals surface area contributed by atoms with Crippen LogP contribution in [0.25, 0.3) is 21.1 Å². The summed E-state index contributed by atoms with van der Waals surface area (Å²) < 4.78 is 7.29. The molecule has 4 aromatic rings. The highest BCUT2D eigenvalue weighted by atomic mass is 32.1. The Bertz CT molecular complexity index is 1200. The van der Waals surface area contributed by atoms with Crippen molar-refractivity contribution in [1.29, 1.82) is 0 Å². The number of hydrogen-bond acceptors (Lipinski definition) is 5. The molecule has 2 aromatic carbocycles. The number of rotatable bonds is 3. The van der Waals surface area contributed by atoms with Crippen LogP contribution < -0.4 is 4.74 Å². The van der Waals surface area contributed by atoms with Gasteiger partial charge in [-0.3, -0.25) is 4.79 Å². The molecule has 0 N–H and O–H groups in total. The van der Waals surface area contributed by atoms with Gasteiger partial charge in [-0.25, -0.2) is 9.97 Å². The summed E-state index contributed by atoms with van der Waals surface area (Å²) in [4.78, 5) is 23.9. The van der Waals surface area contributed by atoms with Crippen LogP contribution in [0, 0.1) is 6.92 Å². The van der Waals surface area contributed by atoms with Crippen LogP contribution in [0.15, 0.2) is 54.6 Å². The average Bonchev–Trinajstić information content (AvgIpc) is 3.17. The van der Waals surface area contributed by atoms with Gasteiger partial charge in [-0.05, 0) is 30.7 Å². The van der Waals surface area contributed by atoms with E-state index in [1.54, 1.807) is 11.3 Å². The smallest absolute Gasteiger partial charge is 0.274 e. The molecule has 5 nitrogen and oxygen atoms in total. The lowest BCUT2D eigenvalue weighted by atomic mass is 10.1. The van der Waals surface area contributed by atoms with E-state index in [9.17, 15) is 4.79 Å². The summed E-state index contributed by atoms with van der Waals surface area (Å²) in [5.74, 6) is -0.00943. The third-order valence-electron chi connectivity index (χ3n) is 5.42. The Kier molecular flexibility index (Phi) is 4.64. The van der Waals surface area contributed by atoms with Crippen molar-refractivity contribution in [1.82, 2.24) is 14.9 Å². The predicted molar refractivity (Wildman–Crippen MR) is 116 cm³/mol. The summed E-state index contributed by atoms with van der Waals surface area (Å²) in [7, 11) is 0. The van der Waals surface area contributed by atoms with Gasteiger partial charge >= 0.3 is 0 Å². The highest BCUT2D eigenvalue weighted by Gasteiger charge is 2.26. The molecule has 1 amide bonds. The minimum absolute atomic E-state index is 0.00943. The van der Waals surface area contributed by atoms with Crippen LogP contribution in [-0.2, 0) is 0 Å². The number of carbonyl (C=O) groups is 1. The third-order valence-corrected chi connectivity index (χ3v) is 6.33. The Morgan fingerprint density at radius 2 is 1.86 bits per heavy atom. The molecule has 0 saturated carbocycles. The quantitative estimate of drug-likeness (QED) is 0.491. The van der Waals surface area contributed by atoms with Gasteiger partial charge in [0.25, 0.3) is 11.1 Å². The van der Waals surface area contributed by atoms with Gasteiger partial charge in [0, 0.05) is 31.3 Å². The van der Waals surface area contributed by atoms with Crippen LogP contribution in [0.5, 0.6) is 5.19 Å². The lowest BCUT2D eigenvalue weighted by Crippen LogP contribution is -2.42. The van der Waals surface area contributed by atoms with Crippen molar-refractivity contribution in [2.75, 3.05) is 13.1 Å². The van der Waals surface area contributed by atoms with Crippen LogP contribution >= 0.6 is 11.3 Å². The number of ether oxygens (including phenoxy) is 1. The van der Waals surface area contributed by atoms with E-state index in [0.717, 1.165) is 44.7 Å². The van der Waals surface area contributed by atoms with Crippen molar-refractivity contribution in [3.05, 3.63) is 65.9 Å². The topological polar surface area (TPSA) is 55.3 Å². The van der Waals surface area contributed by atoms with Crippen molar-refractivity contribution in [2.24, 2.45) is 0 Å². The number of piperidine rings is 1. The second-order valence-corrected chi connectivity index (χ2v) is 8.39. The Balaban J connectivity index is 1.24. The van der Waals surface area contributed by atoms with E-state index in [-0.39, 0.29) is 12.0 Å². The van der Waals surface area contributed by atoms with Crippen LogP contribution in [0.3, 0.4) is 0 Å². The molecule has 0 unspecified atom stereocenters. The Labute approximate surface area is 173 Å². The average molecular weight is 404 g/mol. The number of nitrogens with zero attached hydrogens (tertiary/aromatic N) is 3. The summed E-state index contributed by atoms with van der Waals surface area (Å²) in [6, 6.07) is 17.8. The van der Waals surface area contributed by atoms with E-state index in [4.69, 9.17) is 4.74 Å². The molecular weight excluding hydrogens is 382 g/mol. The first-order chi connectivity index (χ1) is 14.2. The Hall–Kier alpha value is -2.99. The second kappa shape index (κ2) is 7.44. The molecule has 0 radical (unpaired) electrons. The molecule has 1 fully saturated rings. The van der Waals surface area contributed by atoms with Crippen LogP contribution in [-0.4, -0.2) is 40.0 Å². The number of pyridine rings is 1. The number of fused-ring (bicyclic) bond motifs is 2. The molecule has 3 heterocycles. The molecule has 1 aliphatic heterocycles. The maximum Gasteiger partial charge on any atom is 0.274 e. The normalized spacial score (nSPS) is 15.1. The zero-order chi connectivity index (χ0) is 19.8. The predicted octanol–water partition coefficient (Wildman–Crippen LogP) is 4.84. The van der Waals surface area contributed by atoms with Gasteiger partial charge in [-0.2, -0.15) is 0 Å². The van der Waals surface area contributed by atoms with E-state index >= 15 is 0 Å². The van der Waals surface area contributed by atoms with E-state index in [0.29, 0.717) is 18.8 Å². The van der Waals surface area contributed by atoms with Crippen molar-refractivity contribution in [3.63, 3.8) is 0 Å². The van der Waals surface area contributed by atoms with Crippen molar-refractivity contribution in [3.8, 4) is 5.19 Å². The summed E-state index contributed by atoms with van der Waals surface area (Å²) in [6.45, 7) is 3.40. The number of para-hydroxylation sites is 2. The number of amides is 1. The largest absolute Gasteiger partial charge is 0.467 e. The highest BCUT2D eigenvalue weighted by Crippen LogP contribution is 2.31. The van der Waals surface area contributed by atoms with Crippen LogP contribution in [0.4, 0.5) is 0 Å². The number of carbonyl (C=O) groups excluding carboxylic acids is 1. The number of aryl methyl sites for hydroxylation is 1. The van der Waals surface area contributed by atoms with Crippen LogP contribution in [0.1, 0.15) is 28.9 Å². The molecule has 6 heteroatoms. The monoisotopic (exact) mass is 403 g/mol. The zero-order valence-electron chi connectivity index (χ0n) is 16.2. The van der Waals surface area contributed by atoms with Crippen molar-refractivity contribution in [2.45, 2.75) is 25.9 Å². The Morgan fingerprint density at radius 3 is 2.69 bits per heavy atom. The number of aromatic nitrogens is 2. The van der Waals surface area contributed by atoms with Gasteiger partial charge < -0.3 is 9.64 Å². The summed E-state index contributed by atoms with van der Waals surface area (Å²) in [6.07, 6.45) is 1.69. The number of hydrogen-bond donors (Lipinski definition) is 0. The van der Waals surface area contributed by atoms with Gasteiger partial charge in [0.2, 0.25) is 0 Å². The second-order valence-electron chi connectivity index (χ2n) is 7.40. The molecular formula is C23H21N3O2S. The van der Waals surface area contributed by atoms with Gasteiger partial charge in [0.1, 0.15) is 11.8 Å². The van der Waals surface area contributed by atoms with Crippen molar-refractivity contribution >= 4 is 38.4 Å². The summed E-state index contributed by atoms with van der Waals surface area (Å²) in [5.41, 5.74) is 3.53. The molecule has 2 aromatic heterocycles. The van der Waals surface area contributed by atoms with Crippen molar-refractivity contribution < 1.29 is 9.53 Å². The third kappa shape index (κ3) is 3.56. The van der Waals surface area contributed by atoms with E-state index in [1.807, 2.05) is 47.4 Å². The first kappa shape index (κ1) is 18.1. The molecule has 0 atom stereocenters. The molecule has 0 bridgehead atoms. The van der Waals surface area contributed by atoms with Crippen LogP contribution in [0.2, 0.25) is 0 Å². The van der Waals surface area contributed by atoms with E-state index < -0.39 is 0 Å². The lowest BCUT2D eigenvalue weighted by molar-refractivity contribution is 0.0590. The molecule has 1 saturated heterocycles. The van der Waals surface area contributed by atoms with E-state index in [2.05, 4.69) is 29.0 Å². The molecule has 146 valence electrons. The number of thiazole rings is 1. The fraction of sp³-hybridized carbons (Fsp3) is 0.261. The Morgan fingerprint density at radius 1 is 1.03 bits per heavy atom. The SMILES string of the molecule is Cc1cccc2sc(OC3CCN(C(=O)c4ccc5ccccc5n4)CC3)nc12. The fourth-order valence-electron chi connectivity index (χ4n) is 3.78. The highest BCUT2D eigenvalue weighted by molar-refractivity contribution is 7.20. The van der Waals surface area contributed by atoms with E-state index in [1.165, 1.54) is 0 Å². The minimum atomic E-state index is -0.00943. The number of likely N-dealkylation sites (tertiary alicyclic amines) is 1. The first-order valence-electron chi connectivity index (χ1n) is 9.85. The van der Waals surface area contributed by atoms with Gasteiger partial charge in [0.15, 0.2) is 0 Å². The maximum absolute atomic E-state index is 12.9. The lowest BCUT2D eigenvalue weighted by Gasteiger charge is -2.31. The fourth-order valence-corrected chi connectivity index (χ4v) is 4.74. The van der Waals surface area contributed by atoms with Gasteiger partial charge in [-0.15, -0.1) is 0 Å². The molecule has 0 aliphatic carbocycles. The summed E-state index contributed by atoms with van der Waals surface area (Å²) in [5, 5.41) is 1.76. The molecule has 5 rings (SSSR count). The molecule has 0 spiro atoms. The zero-order valence-corrected chi connectivity index (χ0v) is 17.0.